The molecule has 0 aromatic carbocycles. The van der Waals surface area contributed by atoms with Gasteiger partial charge in [-0.05, 0) is 51.8 Å². The highest BCUT2D eigenvalue weighted by Crippen LogP contribution is 2.27. The second-order valence-corrected chi connectivity index (χ2v) is 5.69. The number of piperidine rings is 1. The maximum atomic E-state index is 4.50. The van der Waals surface area contributed by atoms with Gasteiger partial charge >= 0.3 is 0 Å². The number of nitrogens with zero attached hydrogens (tertiary/aromatic N) is 2. The van der Waals surface area contributed by atoms with E-state index in [1.807, 2.05) is 12.3 Å². The van der Waals surface area contributed by atoms with Crippen LogP contribution in [0.5, 0.6) is 0 Å². The van der Waals surface area contributed by atoms with E-state index in [-0.39, 0.29) is 0 Å². The Labute approximate surface area is 117 Å². The number of hydrogen-bond donors (Lipinski definition) is 1. The Morgan fingerprint density at radius 1 is 1.47 bits per heavy atom. The van der Waals surface area contributed by atoms with Crippen molar-refractivity contribution in [2.75, 3.05) is 13.1 Å². The van der Waals surface area contributed by atoms with Crippen LogP contribution in [-0.2, 0) is 0 Å². The SMILES string of the molecule is CCCNC1CCN(C(C)c2ccccn2)C(C)C1. The van der Waals surface area contributed by atoms with Crippen molar-refractivity contribution in [2.24, 2.45) is 0 Å². The summed E-state index contributed by atoms with van der Waals surface area (Å²) in [7, 11) is 0. The van der Waals surface area contributed by atoms with Crippen molar-refractivity contribution in [1.29, 1.82) is 0 Å². The van der Waals surface area contributed by atoms with Crippen LogP contribution in [-0.4, -0.2) is 35.1 Å². The second kappa shape index (κ2) is 7.01. The molecule has 1 aromatic rings. The number of nitrogens with one attached hydrogen (secondary N) is 1. The summed E-state index contributed by atoms with van der Waals surface area (Å²) in [5, 5.41) is 3.66. The van der Waals surface area contributed by atoms with Gasteiger partial charge in [-0.2, -0.15) is 0 Å². The smallest absolute Gasteiger partial charge is 0.0572 e. The summed E-state index contributed by atoms with van der Waals surface area (Å²) in [6.07, 6.45) is 5.61. The van der Waals surface area contributed by atoms with Crippen LogP contribution in [0.3, 0.4) is 0 Å². The number of rotatable bonds is 5. The molecule has 3 atom stereocenters. The first-order valence-electron chi connectivity index (χ1n) is 7.62. The molecule has 106 valence electrons. The molecule has 1 N–H and O–H groups in total. The average Bonchev–Trinajstić information content (AvgIpc) is 2.45. The van der Waals surface area contributed by atoms with Gasteiger partial charge in [0.15, 0.2) is 0 Å². The van der Waals surface area contributed by atoms with Crippen molar-refractivity contribution < 1.29 is 0 Å². The van der Waals surface area contributed by atoms with Crippen LogP contribution in [0.1, 0.15) is 51.8 Å². The van der Waals surface area contributed by atoms with E-state index < -0.39 is 0 Å². The molecule has 0 amide bonds. The number of aromatic nitrogens is 1. The topological polar surface area (TPSA) is 28.2 Å². The minimum absolute atomic E-state index is 0.420. The summed E-state index contributed by atoms with van der Waals surface area (Å²) in [6, 6.07) is 7.95. The van der Waals surface area contributed by atoms with Gasteiger partial charge < -0.3 is 5.32 Å². The molecule has 3 heteroatoms. The van der Waals surface area contributed by atoms with Gasteiger partial charge in [-0.1, -0.05) is 13.0 Å². The Hall–Kier alpha value is -0.930. The Morgan fingerprint density at radius 2 is 2.32 bits per heavy atom. The Morgan fingerprint density at radius 3 is 2.95 bits per heavy atom. The molecule has 3 nitrogen and oxygen atoms in total. The number of likely N-dealkylation sites (tertiary alicyclic amines) is 1. The first kappa shape index (κ1) is 14.5. The van der Waals surface area contributed by atoms with Crippen LogP contribution in [0.4, 0.5) is 0 Å². The van der Waals surface area contributed by atoms with Crippen molar-refractivity contribution >= 4 is 0 Å². The molecule has 1 fully saturated rings. The van der Waals surface area contributed by atoms with Gasteiger partial charge in [0.2, 0.25) is 0 Å². The third-order valence-electron chi connectivity index (χ3n) is 4.22. The monoisotopic (exact) mass is 261 g/mol. The highest BCUT2D eigenvalue weighted by molar-refractivity contribution is 5.08. The molecule has 1 aromatic heterocycles. The minimum atomic E-state index is 0.420. The quantitative estimate of drug-likeness (QED) is 0.883. The third kappa shape index (κ3) is 3.77. The molecule has 1 aliphatic heterocycles. The van der Waals surface area contributed by atoms with Crippen LogP contribution in [0, 0.1) is 0 Å². The van der Waals surface area contributed by atoms with Gasteiger partial charge in [-0.25, -0.2) is 0 Å². The molecule has 1 aliphatic rings. The van der Waals surface area contributed by atoms with Crippen LogP contribution in [0.2, 0.25) is 0 Å². The predicted octanol–water partition coefficient (Wildman–Crippen LogP) is 3.00. The molecule has 2 rings (SSSR count). The summed E-state index contributed by atoms with van der Waals surface area (Å²) < 4.78 is 0. The van der Waals surface area contributed by atoms with Gasteiger partial charge in [-0.3, -0.25) is 9.88 Å². The second-order valence-electron chi connectivity index (χ2n) is 5.69. The van der Waals surface area contributed by atoms with Crippen LogP contribution < -0.4 is 5.32 Å². The van der Waals surface area contributed by atoms with Gasteiger partial charge in [0, 0.05) is 30.9 Å². The summed E-state index contributed by atoms with van der Waals surface area (Å²) >= 11 is 0. The van der Waals surface area contributed by atoms with E-state index in [9.17, 15) is 0 Å². The average molecular weight is 261 g/mol. The minimum Gasteiger partial charge on any atom is -0.314 e. The van der Waals surface area contributed by atoms with Crippen molar-refractivity contribution in [2.45, 2.75) is 58.2 Å². The first-order valence-corrected chi connectivity index (χ1v) is 7.62. The summed E-state index contributed by atoms with van der Waals surface area (Å²) in [5.74, 6) is 0. The molecule has 0 saturated carbocycles. The summed E-state index contributed by atoms with van der Waals surface area (Å²) in [6.45, 7) is 9.17. The lowest BCUT2D eigenvalue weighted by molar-refractivity contribution is 0.0937. The largest absolute Gasteiger partial charge is 0.314 e. The molecule has 0 bridgehead atoms. The molecular weight excluding hydrogens is 234 g/mol. The molecule has 1 saturated heterocycles. The van der Waals surface area contributed by atoms with Gasteiger partial charge in [-0.15, -0.1) is 0 Å². The highest BCUT2D eigenvalue weighted by Gasteiger charge is 2.29. The zero-order valence-corrected chi connectivity index (χ0v) is 12.5. The fourth-order valence-electron chi connectivity index (χ4n) is 3.09. The third-order valence-corrected chi connectivity index (χ3v) is 4.22. The van der Waals surface area contributed by atoms with Crippen molar-refractivity contribution in [1.82, 2.24) is 15.2 Å². The van der Waals surface area contributed by atoms with Gasteiger partial charge in [0.05, 0.1) is 5.69 Å². The molecular formula is C16H27N3. The number of hydrogen-bond acceptors (Lipinski definition) is 3. The Bertz CT molecular complexity index is 366. The lowest BCUT2D eigenvalue weighted by atomic mass is 9.95. The van der Waals surface area contributed by atoms with Crippen LogP contribution in [0.15, 0.2) is 24.4 Å². The lowest BCUT2D eigenvalue weighted by Gasteiger charge is -2.41. The zero-order valence-electron chi connectivity index (χ0n) is 12.5. The van der Waals surface area contributed by atoms with Crippen LogP contribution >= 0.6 is 0 Å². The van der Waals surface area contributed by atoms with E-state index in [1.54, 1.807) is 0 Å². The van der Waals surface area contributed by atoms with Crippen molar-refractivity contribution in [3.8, 4) is 0 Å². The Kier molecular flexibility index (Phi) is 5.34. The fraction of sp³-hybridized carbons (Fsp3) is 0.688. The normalized spacial score (nSPS) is 26.3. The van der Waals surface area contributed by atoms with Crippen molar-refractivity contribution in [3.05, 3.63) is 30.1 Å². The van der Waals surface area contributed by atoms with E-state index >= 15 is 0 Å². The van der Waals surface area contributed by atoms with Gasteiger partial charge in [0.1, 0.15) is 0 Å². The number of pyridine rings is 1. The standard InChI is InChI=1S/C16H27N3/c1-4-9-17-15-8-11-19(13(2)12-15)14(3)16-7-5-6-10-18-16/h5-7,10,13-15,17H,4,8-9,11-12H2,1-3H3. The molecule has 0 spiro atoms. The van der Waals surface area contributed by atoms with E-state index in [4.69, 9.17) is 0 Å². The highest BCUT2D eigenvalue weighted by atomic mass is 15.2. The molecule has 19 heavy (non-hydrogen) atoms. The van der Waals surface area contributed by atoms with Gasteiger partial charge in [0.25, 0.3) is 0 Å². The Balaban J connectivity index is 1.92. The fourth-order valence-corrected chi connectivity index (χ4v) is 3.09. The maximum absolute atomic E-state index is 4.50. The zero-order chi connectivity index (χ0) is 13.7. The molecule has 2 heterocycles. The summed E-state index contributed by atoms with van der Waals surface area (Å²) in [4.78, 5) is 7.09. The van der Waals surface area contributed by atoms with E-state index in [1.165, 1.54) is 31.5 Å². The van der Waals surface area contributed by atoms with E-state index in [0.717, 1.165) is 6.54 Å². The molecule has 0 aliphatic carbocycles. The first-order chi connectivity index (χ1) is 9.22. The van der Waals surface area contributed by atoms with E-state index in [0.29, 0.717) is 18.1 Å². The van der Waals surface area contributed by atoms with E-state index in [2.05, 4.69) is 48.1 Å². The predicted molar refractivity (Wildman–Crippen MR) is 80.1 cm³/mol. The molecule has 0 radical (unpaired) electrons. The molecule has 3 unspecified atom stereocenters. The summed E-state index contributed by atoms with van der Waals surface area (Å²) in [5.41, 5.74) is 1.19. The lowest BCUT2D eigenvalue weighted by Crippen LogP contribution is -2.48. The van der Waals surface area contributed by atoms with Crippen LogP contribution in [0.25, 0.3) is 0 Å². The van der Waals surface area contributed by atoms with Crippen molar-refractivity contribution in [3.63, 3.8) is 0 Å². The maximum Gasteiger partial charge on any atom is 0.0572 e.